The quantitative estimate of drug-likeness (QED) is 0.633. The molecule has 21 heavy (non-hydrogen) atoms. The van der Waals surface area contributed by atoms with Crippen LogP contribution < -0.4 is 0 Å². The third-order valence-corrected chi connectivity index (χ3v) is 3.87. The van der Waals surface area contributed by atoms with Crippen molar-refractivity contribution < 1.29 is 14.3 Å². The number of benzene rings is 1. The van der Waals surface area contributed by atoms with Crippen molar-refractivity contribution in [3.8, 4) is 0 Å². The molecule has 1 saturated heterocycles. The molecule has 0 N–H and O–H groups in total. The van der Waals surface area contributed by atoms with Gasteiger partial charge < -0.3 is 9.64 Å². The van der Waals surface area contributed by atoms with Crippen molar-refractivity contribution in [1.82, 2.24) is 4.90 Å². The van der Waals surface area contributed by atoms with Crippen LogP contribution in [0.3, 0.4) is 0 Å². The van der Waals surface area contributed by atoms with E-state index < -0.39 is 0 Å². The minimum absolute atomic E-state index is 0.0543. The van der Waals surface area contributed by atoms with Crippen LogP contribution in [0.25, 0.3) is 6.08 Å². The van der Waals surface area contributed by atoms with Crippen LogP contribution in [-0.4, -0.2) is 37.0 Å². The van der Waals surface area contributed by atoms with E-state index in [4.69, 9.17) is 4.74 Å². The molecule has 112 valence electrons. The Bertz CT molecular complexity index is 577. The lowest BCUT2D eigenvalue weighted by molar-refractivity contribution is -0.145. The normalized spacial score (nSPS) is 18.2. The molecule has 4 nitrogen and oxygen atoms in total. The van der Waals surface area contributed by atoms with E-state index in [0.29, 0.717) is 19.5 Å². The minimum Gasteiger partial charge on any atom is -0.469 e. The van der Waals surface area contributed by atoms with E-state index >= 15 is 0 Å². The largest absolute Gasteiger partial charge is 0.469 e. The van der Waals surface area contributed by atoms with Gasteiger partial charge in [0, 0.05) is 19.2 Å². The molecule has 1 aromatic carbocycles. The molecular formula is C17H21NO3. The molecule has 1 atom stereocenters. The number of carbonyl (C=O) groups excluding carboxylic acids is 2. The number of rotatable bonds is 3. The van der Waals surface area contributed by atoms with Gasteiger partial charge in [0.05, 0.1) is 13.0 Å². The third-order valence-electron chi connectivity index (χ3n) is 3.87. The molecule has 0 aliphatic carbocycles. The number of esters is 1. The standard InChI is InChI=1S/C17H21NO3/c1-12-4-5-14(13(2)10-12)6-7-16(19)18-9-8-15(11-18)17(20)21-3/h4-7,10,15H,8-9,11H2,1-3H3/b7-6+. The van der Waals surface area contributed by atoms with Gasteiger partial charge in [0.2, 0.25) is 5.91 Å². The number of nitrogens with zero attached hydrogens (tertiary/aromatic N) is 1. The van der Waals surface area contributed by atoms with Gasteiger partial charge in [-0.15, -0.1) is 0 Å². The van der Waals surface area contributed by atoms with Crippen molar-refractivity contribution in [2.24, 2.45) is 5.92 Å². The van der Waals surface area contributed by atoms with Crippen molar-refractivity contribution in [2.45, 2.75) is 20.3 Å². The Labute approximate surface area is 125 Å². The zero-order chi connectivity index (χ0) is 15.4. The second-order valence-corrected chi connectivity index (χ2v) is 5.49. The fourth-order valence-corrected chi connectivity index (χ4v) is 2.60. The van der Waals surface area contributed by atoms with Crippen molar-refractivity contribution in [3.05, 3.63) is 41.0 Å². The molecule has 0 bridgehead atoms. The Morgan fingerprint density at radius 2 is 2.10 bits per heavy atom. The summed E-state index contributed by atoms with van der Waals surface area (Å²) in [5, 5.41) is 0. The monoisotopic (exact) mass is 287 g/mol. The number of carbonyl (C=O) groups is 2. The molecule has 2 rings (SSSR count). The highest BCUT2D eigenvalue weighted by Crippen LogP contribution is 2.18. The number of aryl methyl sites for hydroxylation is 2. The average molecular weight is 287 g/mol. The number of amides is 1. The SMILES string of the molecule is COC(=O)C1CCN(C(=O)/C=C/c2ccc(C)cc2C)C1. The zero-order valence-corrected chi connectivity index (χ0v) is 12.8. The molecule has 1 amide bonds. The topological polar surface area (TPSA) is 46.6 Å². The first kappa shape index (κ1) is 15.3. The smallest absolute Gasteiger partial charge is 0.310 e. The molecule has 1 aromatic rings. The summed E-state index contributed by atoms with van der Waals surface area (Å²) in [6.07, 6.45) is 4.09. The number of methoxy groups -OCH3 is 1. The maximum atomic E-state index is 12.1. The highest BCUT2D eigenvalue weighted by atomic mass is 16.5. The third kappa shape index (κ3) is 3.72. The highest BCUT2D eigenvalue weighted by molar-refractivity contribution is 5.92. The molecule has 4 heteroatoms. The first-order valence-corrected chi connectivity index (χ1v) is 7.13. The number of likely N-dealkylation sites (tertiary alicyclic amines) is 1. The molecule has 1 unspecified atom stereocenters. The van der Waals surface area contributed by atoms with Crippen molar-refractivity contribution in [2.75, 3.05) is 20.2 Å². The highest BCUT2D eigenvalue weighted by Gasteiger charge is 2.30. The Morgan fingerprint density at radius 3 is 2.76 bits per heavy atom. The van der Waals surface area contributed by atoms with E-state index in [1.54, 1.807) is 11.0 Å². The van der Waals surface area contributed by atoms with Crippen LogP contribution in [0.4, 0.5) is 0 Å². The van der Waals surface area contributed by atoms with Crippen LogP contribution in [0.15, 0.2) is 24.3 Å². The Morgan fingerprint density at radius 1 is 1.33 bits per heavy atom. The molecule has 0 aromatic heterocycles. The van der Waals surface area contributed by atoms with E-state index in [0.717, 1.165) is 11.1 Å². The van der Waals surface area contributed by atoms with Crippen LogP contribution in [0, 0.1) is 19.8 Å². The maximum Gasteiger partial charge on any atom is 0.310 e. The summed E-state index contributed by atoms with van der Waals surface area (Å²) in [5.74, 6) is -0.474. The van der Waals surface area contributed by atoms with E-state index in [1.165, 1.54) is 12.7 Å². The summed E-state index contributed by atoms with van der Waals surface area (Å²) >= 11 is 0. The molecule has 1 fully saturated rings. The summed E-state index contributed by atoms with van der Waals surface area (Å²) in [6, 6.07) is 6.13. The molecule has 1 aliphatic rings. The van der Waals surface area contributed by atoms with Gasteiger partial charge >= 0.3 is 5.97 Å². The first-order valence-electron chi connectivity index (χ1n) is 7.13. The van der Waals surface area contributed by atoms with E-state index in [1.807, 2.05) is 32.1 Å². The Balaban J connectivity index is 1.99. The van der Waals surface area contributed by atoms with Gasteiger partial charge in [0.25, 0.3) is 0 Å². The molecule has 1 heterocycles. The van der Waals surface area contributed by atoms with E-state index in [9.17, 15) is 9.59 Å². The van der Waals surface area contributed by atoms with Gasteiger partial charge in [-0.1, -0.05) is 23.8 Å². The van der Waals surface area contributed by atoms with Gasteiger partial charge in [0.15, 0.2) is 0 Å². The predicted molar refractivity (Wildman–Crippen MR) is 81.7 cm³/mol. The summed E-state index contributed by atoms with van der Waals surface area (Å²) in [7, 11) is 1.38. The van der Waals surface area contributed by atoms with E-state index in [2.05, 4.69) is 6.07 Å². The fourth-order valence-electron chi connectivity index (χ4n) is 2.60. The molecular weight excluding hydrogens is 266 g/mol. The summed E-state index contributed by atoms with van der Waals surface area (Å²) in [5.41, 5.74) is 3.39. The van der Waals surface area contributed by atoms with E-state index in [-0.39, 0.29) is 17.8 Å². The summed E-state index contributed by atoms with van der Waals surface area (Å²) < 4.78 is 4.72. The minimum atomic E-state index is -0.233. The van der Waals surface area contributed by atoms with Crippen LogP contribution in [0.2, 0.25) is 0 Å². The predicted octanol–water partition coefficient (Wildman–Crippen LogP) is 2.34. The Hall–Kier alpha value is -2.10. The van der Waals surface area contributed by atoms with Crippen LogP contribution in [0.1, 0.15) is 23.1 Å². The molecule has 0 radical (unpaired) electrons. The average Bonchev–Trinajstić information content (AvgIpc) is 2.95. The van der Waals surface area contributed by atoms with Crippen molar-refractivity contribution in [3.63, 3.8) is 0 Å². The van der Waals surface area contributed by atoms with Gasteiger partial charge in [-0.25, -0.2) is 0 Å². The lowest BCUT2D eigenvalue weighted by Crippen LogP contribution is -2.28. The second-order valence-electron chi connectivity index (χ2n) is 5.49. The lowest BCUT2D eigenvalue weighted by Gasteiger charge is -2.13. The van der Waals surface area contributed by atoms with Crippen molar-refractivity contribution in [1.29, 1.82) is 0 Å². The first-order chi connectivity index (χ1) is 10.0. The van der Waals surface area contributed by atoms with Gasteiger partial charge in [-0.2, -0.15) is 0 Å². The molecule has 1 aliphatic heterocycles. The maximum absolute atomic E-state index is 12.1. The second kappa shape index (κ2) is 6.57. The summed E-state index contributed by atoms with van der Waals surface area (Å²) in [4.78, 5) is 25.3. The summed E-state index contributed by atoms with van der Waals surface area (Å²) in [6.45, 7) is 5.13. The molecule has 0 spiro atoms. The zero-order valence-electron chi connectivity index (χ0n) is 12.8. The van der Waals surface area contributed by atoms with Gasteiger partial charge in [-0.05, 0) is 37.5 Å². The number of ether oxygens (including phenoxy) is 1. The number of hydrogen-bond acceptors (Lipinski definition) is 3. The fraction of sp³-hybridized carbons (Fsp3) is 0.412. The van der Waals surface area contributed by atoms with Crippen molar-refractivity contribution >= 4 is 18.0 Å². The molecule has 0 saturated carbocycles. The van der Waals surface area contributed by atoms with Crippen LogP contribution in [-0.2, 0) is 14.3 Å². The van der Waals surface area contributed by atoms with Gasteiger partial charge in [-0.3, -0.25) is 9.59 Å². The van der Waals surface area contributed by atoms with Crippen LogP contribution in [0.5, 0.6) is 0 Å². The lowest BCUT2D eigenvalue weighted by atomic mass is 10.1. The van der Waals surface area contributed by atoms with Gasteiger partial charge in [0.1, 0.15) is 0 Å². The van der Waals surface area contributed by atoms with Crippen LogP contribution >= 0.6 is 0 Å². The Kier molecular flexibility index (Phi) is 4.78. The number of hydrogen-bond donors (Lipinski definition) is 0.